The highest BCUT2D eigenvalue weighted by atomic mass is 16.5. The van der Waals surface area contributed by atoms with E-state index < -0.39 is 0 Å². The zero-order valence-electron chi connectivity index (χ0n) is 9.35. The van der Waals surface area contributed by atoms with Gasteiger partial charge in [0.05, 0.1) is 12.4 Å². The molecule has 0 aliphatic heterocycles. The third-order valence-electron chi connectivity index (χ3n) is 3.09. The van der Waals surface area contributed by atoms with E-state index in [0.29, 0.717) is 16.8 Å². The molecule has 0 radical (unpaired) electrons. The van der Waals surface area contributed by atoms with E-state index in [9.17, 15) is 4.79 Å². The molecule has 88 valence electrons. The Morgan fingerprint density at radius 3 is 2.88 bits per heavy atom. The molecule has 2 heterocycles. The number of aromatic amines is 1. The molecule has 2 aromatic rings. The third kappa shape index (κ3) is 1.88. The molecule has 5 nitrogen and oxygen atoms in total. The van der Waals surface area contributed by atoms with Crippen molar-refractivity contribution in [3.05, 3.63) is 28.9 Å². The third-order valence-corrected chi connectivity index (χ3v) is 3.09. The second-order valence-electron chi connectivity index (χ2n) is 4.26. The Balaban J connectivity index is 2.04. The minimum Gasteiger partial charge on any atom is -0.488 e. The summed E-state index contributed by atoms with van der Waals surface area (Å²) in [5.74, 6) is 0.660. The molecule has 0 spiro atoms. The Morgan fingerprint density at radius 2 is 2.06 bits per heavy atom. The number of ether oxygens (including phenoxy) is 1. The minimum atomic E-state index is -0.230. The SMILES string of the molecule is O=c1[nH]cnc2c(OC3CCCC3)ccnc12. The maximum atomic E-state index is 11.6. The Hall–Kier alpha value is -1.91. The molecule has 0 atom stereocenters. The van der Waals surface area contributed by atoms with Gasteiger partial charge in [-0.15, -0.1) is 0 Å². The van der Waals surface area contributed by atoms with Crippen LogP contribution in [0.4, 0.5) is 0 Å². The molecule has 0 aromatic carbocycles. The molecule has 1 aliphatic carbocycles. The lowest BCUT2D eigenvalue weighted by Crippen LogP contribution is -2.13. The Labute approximate surface area is 97.9 Å². The highest BCUT2D eigenvalue weighted by Crippen LogP contribution is 2.26. The summed E-state index contributed by atoms with van der Waals surface area (Å²) in [7, 11) is 0. The van der Waals surface area contributed by atoms with Crippen molar-refractivity contribution < 1.29 is 4.74 Å². The average molecular weight is 231 g/mol. The number of fused-ring (bicyclic) bond motifs is 1. The number of nitrogens with one attached hydrogen (secondary N) is 1. The van der Waals surface area contributed by atoms with Crippen LogP contribution in [0.3, 0.4) is 0 Å². The normalized spacial score (nSPS) is 16.5. The van der Waals surface area contributed by atoms with Crippen molar-refractivity contribution in [2.24, 2.45) is 0 Å². The van der Waals surface area contributed by atoms with E-state index in [1.165, 1.54) is 19.2 Å². The van der Waals surface area contributed by atoms with Gasteiger partial charge in [0.25, 0.3) is 5.56 Å². The Bertz CT molecular complexity index is 588. The Kier molecular flexibility index (Phi) is 2.51. The van der Waals surface area contributed by atoms with Gasteiger partial charge in [-0.25, -0.2) is 9.97 Å². The summed E-state index contributed by atoms with van der Waals surface area (Å²) in [5.41, 5.74) is 0.651. The van der Waals surface area contributed by atoms with Crippen LogP contribution in [0.2, 0.25) is 0 Å². The van der Waals surface area contributed by atoms with Crippen molar-refractivity contribution in [1.82, 2.24) is 15.0 Å². The summed E-state index contributed by atoms with van der Waals surface area (Å²) in [5, 5.41) is 0. The van der Waals surface area contributed by atoms with E-state index in [4.69, 9.17) is 4.74 Å². The fourth-order valence-electron chi connectivity index (χ4n) is 2.23. The van der Waals surface area contributed by atoms with Crippen molar-refractivity contribution in [1.29, 1.82) is 0 Å². The quantitative estimate of drug-likeness (QED) is 0.853. The van der Waals surface area contributed by atoms with Crippen LogP contribution in [0.1, 0.15) is 25.7 Å². The fraction of sp³-hybridized carbons (Fsp3) is 0.417. The van der Waals surface area contributed by atoms with Gasteiger partial charge in [-0.3, -0.25) is 4.79 Å². The van der Waals surface area contributed by atoms with Gasteiger partial charge in [0.2, 0.25) is 0 Å². The van der Waals surface area contributed by atoms with Crippen molar-refractivity contribution in [2.45, 2.75) is 31.8 Å². The van der Waals surface area contributed by atoms with Crippen LogP contribution in [0, 0.1) is 0 Å². The highest BCUT2D eigenvalue weighted by molar-refractivity contribution is 5.79. The molecule has 1 fully saturated rings. The van der Waals surface area contributed by atoms with Gasteiger partial charge in [0.1, 0.15) is 11.3 Å². The molecule has 0 bridgehead atoms. The van der Waals surface area contributed by atoms with Crippen LogP contribution < -0.4 is 10.3 Å². The number of H-pyrrole nitrogens is 1. The van der Waals surface area contributed by atoms with E-state index in [2.05, 4.69) is 15.0 Å². The topological polar surface area (TPSA) is 67.9 Å². The first-order valence-electron chi connectivity index (χ1n) is 5.83. The van der Waals surface area contributed by atoms with Gasteiger partial charge >= 0.3 is 0 Å². The minimum absolute atomic E-state index is 0.230. The summed E-state index contributed by atoms with van der Waals surface area (Å²) in [6.45, 7) is 0. The molecule has 2 aromatic heterocycles. The van der Waals surface area contributed by atoms with Gasteiger partial charge in [0, 0.05) is 12.3 Å². The number of aromatic nitrogens is 3. The highest BCUT2D eigenvalue weighted by Gasteiger charge is 2.18. The fourth-order valence-corrected chi connectivity index (χ4v) is 2.23. The van der Waals surface area contributed by atoms with Crippen LogP contribution in [0.5, 0.6) is 5.75 Å². The summed E-state index contributed by atoms with van der Waals surface area (Å²) >= 11 is 0. The van der Waals surface area contributed by atoms with Crippen molar-refractivity contribution in [3.63, 3.8) is 0 Å². The molecule has 1 aliphatic rings. The number of hydrogen-bond donors (Lipinski definition) is 1. The van der Waals surface area contributed by atoms with Crippen molar-refractivity contribution >= 4 is 11.0 Å². The van der Waals surface area contributed by atoms with E-state index >= 15 is 0 Å². The second-order valence-corrected chi connectivity index (χ2v) is 4.26. The molecular formula is C12H13N3O2. The van der Waals surface area contributed by atoms with Crippen LogP contribution >= 0.6 is 0 Å². The molecule has 3 rings (SSSR count). The predicted molar refractivity (Wildman–Crippen MR) is 63.0 cm³/mol. The van der Waals surface area contributed by atoms with Gasteiger partial charge < -0.3 is 9.72 Å². The van der Waals surface area contributed by atoms with Crippen molar-refractivity contribution in [2.75, 3.05) is 0 Å². The largest absolute Gasteiger partial charge is 0.488 e. The summed E-state index contributed by atoms with van der Waals surface area (Å²) in [6.07, 6.45) is 7.79. The summed E-state index contributed by atoms with van der Waals surface area (Å²) in [4.78, 5) is 22.2. The van der Waals surface area contributed by atoms with E-state index in [1.54, 1.807) is 12.3 Å². The van der Waals surface area contributed by atoms with Crippen LogP contribution in [-0.2, 0) is 0 Å². The lowest BCUT2D eigenvalue weighted by atomic mass is 10.3. The number of rotatable bonds is 2. The molecular weight excluding hydrogens is 218 g/mol. The maximum absolute atomic E-state index is 11.6. The first-order valence-corrected chi connectivity index (χ1v) is 5.83. The lowest BCUT2D eigenvalue weighted by molar-refractivity contribution is 0.212. The van der Waals surface area contributed by atoms with E-state index in [0.717, 1.165) is 12.8 Å². The molecule has 5 heteroatoms. The molecule has 0 unspecified atom stereocenters. The number of hydrogen-bond acceptors (Lipinski definition) is 4. The van der Waals surface area contributed by atoms with Gasteiger partial charge in [0.15, 0.2) is 5.52 Å². The zero-order valence-corrected chi connectivity index (χ0v) is 9.35. The first kappa shape index (κ1) is 10.3. The maximum Gasteiger partial charge on any atom is 0.277 e. The van der Waals surface area contributed by atoms with Crippen LogP contribution in [-0.4, -0.2) is 21.1 Å². The smallest absolute Gasteiger partial charge is 0.277 e. The zero-order chi connectivity index (χ0) is 11.7. The number of nitrogens with zero attached hydrogens (tertiary/aromatic N) is 2. The van der Waals surface area contributed by atoms with Gasteiger partial charge in [-0.2, -0.15) is 0 Å². The van der Waals surface area contributed by atoms with Crippen LogP contribution in [0.15, 0.2) is 23.4 Å². The van der Waals surface area contributed by atoms with Crippen molar-refractivity contribution in [3.8, 4) is 5.75 Å². The average Bonchev–Trinajstić information content (AvgIpc) is 2.83. The monoisotopic (exact) mass is 231 g/mol. The first-order chi connectivity index (χ1) is 8.34. The second kappa shape index (κ2) is 4.16. The number of pyridine rings is 1. The molecule has 0 amide bonds. The molecule has 1 N–H and O–H groups in total. The molecule has 0 saturated heterocycles. The van der Waals surface area contributed by atoms with Gasteiger partial charge in [-0.05, 0) is 25.7 Å². The van der Waals surface area contributed by atoms with E-state index in [-0.39, 0.29) is 11.7 Å². The van der Waals surface area contributed by atoms with Crippen LogP contribution in [0.25, 0.3) is 11.0 Å². The summed E-state index contributed by atoms with van der Waals surface area (Å²) < 4.78 is 5.89. The van der Waals surface area contributed by atoms with Gasteiger partial charge in [-0.1, -0.05) is 0 Å². The predicted octanol–water partition coefficient (Wildman–Crippen LogP) is 1.64. The lowest BCUT2D eigenvalue weighted by Gasteiger charge is -2.13. The molecule has 1 saturated carbocycles. The Morgan fingerprint density at radius 1 is 1.24 bits per heavy atom. The standard InChI is InChI=1S/C12H13N3O2/c16-12-11-10(14-7-15-12)9(5-6-13-11)17-8-3-1-2-4-8/h5-8H,1-4H2,(H,14,15,16). The molecule has 17 heavy (non-hydrogen) atoms. The van der Waals surface area contributed by atoms with E-state index in [1.807, 2.05) is 0 Å². The summed E-state index contributed by atoms with van der Waals surface area (Å²) in [6, 6.07) is 1.77.